The van der Waals surface area contributed by atoms with Crippen LogP contribution < -0.4 is 10.1 Å². The van der Waals surface area contributed by atoms with Crippen molar-refractivity contribution in [1.82, 2.24) is 15.1 Å². The van der Waals surface area contributed by atoms with Crippen LogP contribution in [0, 0.1) is 0 Å². The van der Waals surface area contributed by atoms with Crippen LogP contribution in [0.15, 0.2) is 36.4 Å². The van der Waals surface area contributed by atoms with Gasteiger partial charge in [0.15, 0.2) is 0 Å². The smallest absolute Gasteiger partial charge is 0.234 e. The van der Waals surface area contributed by atoms with Crippen molar-refractivity contribution in [2.45, 2.75) is 32.6 Å². The molecule has 1 atom stereocenters. The maximum Gasteiger partial charge on any atom is 0.234 e. The molecule has 1 heterocycles. The number of fused-ring (bicyclic) bond motifs is 1. The van der Waals surface area contributed by atoms with Gasteiger partial charge in [-0.3, -0.25) is 14.5 Å². The molecule has 6 nitrogen and oxygen atoms in total. The number of amides is 2. The minimum absolute atomic E-state index is 0.0735. The lowest BCUT2D eigenvalue weighted by Crippen LogP contribution is -2.51. The fraction of sp³-hybridized carbons (Fsp3) is 0.500. The molecular formula is C24H33N3O3. The Morgan fingerprint density at radius 3 is 2.47 bits per heavy atom. The normalized spacial score (nSPS) is 15.8. The number of carbonyl (C=O) groups excluding carboxylic acids is 2. The van der Waals surface area contributed by atoms with Crippen LogP contribution in [0.1, 0.15) is 38.2 Å². The minimum Gasteiger partial charge on any atom is -0.497 e. The third-order valence-electron chi connectivity index (χ3n) is 5.85. The van der Waals surface area contributed by atoms with Crippen LogP contribution in [0.5, 0.6) is 5.75 Å². The van der Waals surface area contributed by atoms with Crippen molar-refractivity contribution < 1.29 is 14.3 Å². The zero-order chi connectivity index (χ0) is 21.5. The number of piperazine rings is 1. The zero-order valence-corrected chi connectivity index (χ0v) is 18.3. The Balaban J connectivity index is 1.54. The average molecular weight is 412 g/mol. The Morgan fingerprint density at radius 1 is 1.07 bits per heavy atom. The second-order valence-electron chi connectivity index (χ2n) is 8.00. The van der Waals surface area contributed by atoms with Crippen molar-refractivity contribution >= 4 is 22.6 Å². The molecule has 2 aromatic carbocycles. The highest BCUT2D eigenvalue weighted by Crippen LogP contribution is 2.26. The first kappa shape index (κ1) is 22.1. The van der Waals surface area contributed by atoms with Crippen molar-refractivity contribution in [3.63, 3.8) is 0 Å². The number of hydrogen-bond donors (Lipinski definition) is 1. The summed E-state index contributed by atoms with van der Waals surface area (Å²) in [6.45, 7) is 8.03. The van der Waals surface area contributed by atoms with E-state index < -0.39 is 0 Å². The van der Waals surface area contributed by atoms with Crippen molar-refractivity contribution in [3.8, 4) is 5.75 Å². The molecule has 0 radical (unpaired) electrons. The predicted octanol–water partition coefficient (Wildman–Crippen LogP) is 3.01. The van der Waals surface area contributed by atoms with E-state index in [-0.39, 0.29) is 17.7 Å². The van der Waals surface area contributed by atoms with E-state index in [1.165, 1.54) is 0 Å². The molecule has 0 aliphatic carbocycles. The second kappa shape index (κ2) is 10.4. The van der Waals surface area contributed by atoms with E-state index in [2.05, 4.69) is 23.2 Å². The number of carbonyl (C=O) groups is 2. The highest BCUT2D eigenvalue weighted by Gasteiger charge is 2.26. The lowest BCUT2D eigenvalue weighted by molar-refractivity contribution is -0.134. The number of nitrogens with zero attached hydrogens (tertiary/aromatic N) is 2. The number of benzene rings is 2. The van der Waals surface area contributed by atoms with Gasteiger partial charge in [0.1, 0.15) is 5.75 Å². The highest BCUT2D eigenvalue weighted by atomic mass is 16.5. The number of unbranched alkanes of at least 4 members (excludes halogenated alkanes) is 1. The third-order valence-corrected chi connectivity index (χ3v) is 5.85. The highest BCUT2D eigenvalue weighted by molar-refractivity contribution is 5.88. The molecule has 0 spiro atoms. The van der Waals surface area contributed by atoms with E-state index in [0.717, 1.165) is 54.6 Å². The molecule has 30 heavy (non-hydrogen) atoms. The van der Waals surface area contributed by atoms with Gasteiger partial charge < -0.3 is 15.0 Å². The first-order valence-electron chi connectivity index (χ1n) is 10.9. The van der Waals surface area contributed by atoms with E-state index in [4.69, 9.17) is 4.74 Å². The molecule has 2 aromatic rings. The van der Waals surface area contributed by atoms with Crippen molar-refractivity contribution in [3.05, 3.63) is 42.0 Å². The average Bonchev–Trinajstić information content (AvgIpc) is 2.78. The van der Waals surface area contributed by atoms with Gasteiger partial charge in [-0.15, -0.1) is 0 Å². The summed E-state index contributed by atoms with van der Waals surface area (Å²) in [7, 11) is 1.66. The number of rotatable bonds is 8. The lowest BCUT2D eigenvalue weighted by atomic mass is 9.96. The topological polar surface area (TPSA) is 61.9 Å². The van der Waals surface area contributed by atoms with Crippen LogP contribution in [0.4, 0.5) is 0 Å². The number of hydrogen-bond acceptors (Lipinski definition) is 4. The van der Waals surface area contributed by atoms with E-state index in [1.54, 1.807) is 7.11 Å². The molecule has 1 aliphatic rings. The van der Waals surface area contributed by atoms with Gasteiger partial charge in [0.25, 0.3) is 0 Å². The molecule has 162 valence electrons. The van der Waals surface area contributed by atoms with Crippen LogP contribution >= 0.6 is 0 Å². The van der Waals surface area contributed by atoms with E-state index in [9.17, 15) is 9.59 Å². The minimum atomic E-state index is -0.194. The maximum absolute atomic E-state index is 13.0. The summed E-state index contributed by atoms with van der Waals surface area (Å²) in [6, 6.07) is 12.1. The van der Waals surface area contributed by atoms with Crippen molar-refractivity contribution in [1.29, 1.82) is 0 Å². The molecule has 0 bridgehead atoms. The molecule has 1 aliphatic heterocycles. The summed E-state index contributed by atoms with van der Waals surface area (Å²) in [5.41, 5.74) is 1.02. The van der Waals surface area contributed by atoms with E-state index in [0.29, 0.717) is 19.6 Å². The summed E-state index contributed by atoms with van der Waals surface area (Å²) in [5, 5.41) is 5.16. The number of nitrogens with one attached hydrogen (secondary N) is 1. The molecule has 2 amide bonds. The Labute approximate surface area is 179 Å². The number of methoxy groups -OCH3 is 1. The summed E-state index contributed by atoms with van der Waals surface area (Å²) >= 11 is 0. The predicted molar refractivity (Wildman–Crippen MR) is 120 cm³/mol. The maximum atomic E-state index is 13.0. The Bertz CT molecular complexity index is 875. The summed E-state index contributed by atoms with van der Waals surface area (Å²) in [5.74, 6) is 0.857. The van der Waals surface area contributed by atoms with E-state index >= 15 is 0 Å². The monoisotopic (exact) mass is 411 g/mol. The van der Waals surface area contributed by atoms with Gasteiger partial charge in [0, 0.05) is 32.7 Å². The molecule has 0 aromatic heterocycles. The fourth-order valence-electron chi connectivity index (χ4n) is 3.84. The van der Waals surface area contributed by atoms with Gasteiger partial charge in [-0.1, -0.05) is 37.6 Å². The molecule has 0 unspecified atom stereocenters. The molecule has 6 heteroatoms. The van der Waals surface area contributed by atoms with Gasteiger partial charge in [-0.05, 0) is 41.8 Å². The number of ether oxygens (including phenoxy) is 1. The summed E-state index contributed by atoms with van der Waals surface area (Å²) < 4.78 is 5.28. The molecule has 0 saturated carbocycles. The van der Waals surface area contributed by atoms with Crippen LogP contribution in [-0.2, 0) is 9.59 Å². The van der Waals surface area contributed by atoms with E-state index in [1.807, 2.05) is 42.2 Å². The molecule has 1 fully saturated rings. The van der Waals surface area contributed by atoms with Crippen LogP contribution in [0.25, 0.3) is 10.8 Å². The first-order chi connectivity index (χ1) is 14.5. The van der Waals surface area contributed by atoms with Crippen LogP contribution in [-0.4, -0.2) is 68.0 Å². The quantitative estimate of drug-likeness (QED) is 0.679. The van der Waals surface area contributed by atoms with Gasteiger partial charge in [-0.25, -0.2) is 0 Å². The largest absolute Gasteiger partial charge is 0.497 e. The molecular weight excluding hydrogens is 378 g/mol. The molecule has 1 N–H and O–H groups in total. The summed E-state index contributed by atoms with van der Waals surface area (Å²) in [6.07, 6.45) is 2.08. The van der Waals surface area contributed by atoms with Gasteiger partial charge >= 0.3 is 0 Å². The lowest BCUT2D eigenvalue weighted by Gasteiger charge is -2.35. The Morgan fingerprint density at radius 2 is 1.77 bits per heavy atom. The van der Waals surface area contributed by atoms with Crippen molar-refractivity contribution in [2.75, 3.05) is 46.4 Å². The van der Waals surface area contributed by atoms with Crippen molar-refractivity contribution in [2.24, 2.45) is 0 Å². The van der Waals surface area contributed by atoms with Gasteiger partial charge in [0.2, 0.25) is 11.8 Å². The zero-order valence-electron chi connectivity index (χ0n) is 18.3. The molecule has 1 saturated heterocycles. The SMILES string of the molecule is CCCCNC(=O)CN1CCN(C(=O)[C@@H](C)c2ccc3cc(OC)ccc3c2)CC1. The van der Waals surface area contributed by atoms with Crippen LogP contribution in [0.3, 0.4) is 0 Å². The fourth-order valence-corrected chi connectivity index (χ4v) is 3.84. The Hall–Kier alpha value is -2.60. The Kier molecular flexibility index (Phi) is 7.69. The first-order valence-corrected chi connectivity index (χ1v) is 10.9. The molecule has 3 rings (SSSR count). The van der Waals surface area contributed by atoms with Gasteiger partial charge in [0.05, 0.1) is 19.6 Å². The van der Waals surface area contributed by atoms with Gasteiger partial charge in [-0.2, -0.15) is 0 Å². The summed E-state index contributed by atoms with van der Waals surface area (Å²) in [4.78, 5) is 29.1. The van der Waals surface area contributed by atoms with Crippen LogP contribution in [0.2, 0.25) is 0 Å². The second-order valence-corrected chi connectivity index (χ2v) is 8.00. The standard InChI is InChI=1S/C24H33N3O3/c1-4-5-10-25-23(28)17-26-11-13-27(14-12-26)24(29)18(2)19-6-7-21-16-22(30-3)9-8-20(21)15-19/h6-9,15-16,18H,4-5,10-14,17H2,1-3H3,(H,25,28)/t18-/m0/s1. The third kappa shape index (κ3) is 5.51.